The van der Waals surface area contributed by atoms with Crippen molar-refractivity contribution in [1.82, 2.24) is 0 Å². The van der Waals surface area contributed by atoms with E-state index in [-0.39, 0.29) is 52.6 Å². The fourth-order valence-electron chi connectivity index (χ4n) is 4.59. The van der Waals surface area contributed by atoms with E-state index in [0.717, 1.165) is 29.6 Å². The van der Waals surface area contributed by atoms with E-state index in [0.29, 0.717) is 5.56 Å². The monoisotopic (exact) mass is 426 g/mol. The van der Waals surface area contributed by atoms with Crippen molar-refractivity contribution >= 4 is 11.5 Å². The molecule has 2 atom stereocenters. The Morgan fingerprint density at radius 1 is 1.27 bits per heavy atom. The molecular formula is C24H32FNaO4. The zero-order valence-corrected chi connectivity index (χ0v) is 21.0. The van der Waals surface area contributed by atoms with Gasteiger partial charge in [-0.25, -0.2) is 4.39 Å². The van der Waals surface area contributed by atoms with E-state index in [2.05, 4.69) is 27.7 Å². The predicted octanol–water partition coefficient (Wildman–Crippen LogP) is 0.546. The molecule has 6 heteroatoms. The summed E-state index contributed by atoms with van der Waals surface area (Å²) in [6.45, 7) is 10.5. The summed E-state index contributed by atoms with van der Waals surface area (Å²) in [5.74, 6) is -1.58. The molecule has 0 fully saturated rings. The van der Waals surface area contributed by atoms with Crippen molar-refractivity contribution in [1.29, 1.82) is 0 Å². The Morgan fingerprint density at radius 3 is 2.47 bits per heavy atom. The van der Waals surface area contributed by atoms with E-state index in [1.165, 1.54) is 6.07 Å². The van der Waals surface area contributed by atoms with Gasteiger partial charge in [0.2, 0.25) is 0 Å². The van der Waals surface area contributed by atoms with Crippen molar-refractivity contribution in [2.24, 2.45) is 10.8 Å². The summed E-state index contributed by atoms with van der Waals surface area (Å²) in [5, 5.41) is 30.6. The van der Waals surface area contributed by atoms with Gasteiger partial charge in [0.05, 0.1) is 12.2 Å². The van der Waals surface area contributed by atoms with Gasteiger partial charge in [0.15, 0.2) is 0 Å². The van der Waals surface area contributed by atoms with Crippen molar-refractivity contribution in [2.75, 3.05) is 0 Å². The molecule has 0 aliphatic heterocycles. The second kappa shape index (κ2) is 10.6. The number of aliphatic hydroxyl groups excluding tert-OH is 2. The Hall–Kier alpha value is -0.980. The Morgan fingerprint density at radius 2 is 1.90 bits per heavy atom. The second-order valence-corrected chi connectivity index (χ2v) is 9.65. The normalized spacial score (nSPS) is 20.0. The van der Waals surface area contributed by atoms with Gasteiger partial charge in [-0.2, -0.15) is 0 Å². The van der Waals surface area contributed by atoms with Gasteiger partial charge in [-0.15, -0.1) is 0 Å². The first-order valence-electron chi connectivity index (χ1n) is 10.0. The minimum absolute atomic E-state index is 0. The summed E-state index contributed by atoms with van der Waals surface area (Å²) < 4.78 is 13.8. The van der Waals surface area contributed by atoms with Gasteiger partial charge in [-0.1, -0.05) is 45.9 Å². The molecule has 1 aromatic rings. The summed E-state index contributed by atoms with van der Waals surface area (Å²) in [5.41, 5.74) is 3.64. The molecule has 0 unspecified atom stereocenters. The molecule has 1 aromatic carbocycles. The van der Waals surface area contributed by atoms with Gasteiger partial charge in [0.1, 0.15) is 5.82 Å². The second-order valence-electron chi connectivity index (χ2n) is 9.65. The van der Waals surface area contributed by atoms with E-state index >= 15 is 0 Å². The van der Waals surface area contributed by atoms with Crippen LogP contribution in [0.1, 0.15) is 64.5 Å². The van der Waals surface area contributed by atoms with Crippen LogP contribution in [0.5, 0.6) is 0 Å². The number of carboxylic acids is 1. The van der Waals surface area contributed by atoms with Crippen LogP contribution in [0.25, 0.3) is 5.57 Å². The molecule has 0 spiro atoms. The minimum atomic E-state index is -1.35. The van der Waals surface area contributed by atoms with Crippen LogP contribution in [0.3, 0.4) is 0 Å². The zero-order chi connectivity index (χ0) is 22.0. The Labute approximate surface area is 201 Å². The van der Waals surface area contributed by atoms with Crippen LogP contribution >= 0.6 is 0 Å². The average molecular weight is 427 g/mol. The third kappa shape index (κ3) is 7.31. The summed E-state index contributed by atoms with van der Waals surface area (Å²) in [4.78, 5) is 10.6. The number of rotatable bonds is 7. The van der Waals surface area contributed by atoms with Crippen LogP contribution < -0.4 is 34.7 Å². The maximum Gasteiger partial charge on any atom is 1.00 e. The first kappa shape index (κ1) is 27.1. The Kier molecular flexibility index (Phi) is 9.52. The maximum atomic E-state index is 13.8. The summed E-state index contributed by atoms with van der Waals surface area (Å²) in [7, 11) is 0. The van der Waals surface area contributed by atoms with Gasteiger partial charge in [-0.05, 0) is 65.0 Å². The molecule has 1 aliphatic carbocycles. The van der Waals surface area contributed by atoms with Gasteiger partial charge >= 0.3 is 29.6 Å². The number of benzene rings is 1. The van der Waals surface area contributed by atoms with Gasteiger partial charge in [-0.3, -0.25) is 0 Å². The van der Waals surface area contributed by atoms with E-state index in [4.69, 9.17) is 0 Å². The molecule has 0 bridgehead atoms. The minimum Gasteiger partial charge on any atom is -0.550 e. The first-order valence-corrected chi connectivity index (χ1v) is 10.0. The van der Waals surface area contributed by atoms with Crippen molar-refractivity contribution in [3.63, 3.8) is 0 Å². The molecule has 0 amide bonds. The average Bonchev–Trinajstić information content (AvgIpc) is 2.53. The number of carbonyl (C=O) groups is 1. The fourth-order valence-corrected chi connectivity index (χ4v) is 4.59. The number of allylic oxidation sites excluding steroid dienone is 3. The third-order valence-corrected chi connectivity index (χ3v) is 5.54. The van der Waals surface area contributed by atoms with Crippen LogP contribution in [-0.2, 0) is 4.79 Å². The molecule has 4 nitrogen and oxygen atoms in total. The number of carbonyl (C=O) groups excluding carboxylic acids is 1. The number of aliphatic hydroxyl groups is 2. The van der Waals surface area contributed by atoms with Crippen LogP contribution in [-0.4, -0.2) is 28.4 Å². The topological polar surface area (TPSA) is 80.6 Å². The molecule has 30 heavy (non-hydrogen) atoms. The Bertz CT molecular complexity index is 826. The van der Waals surface area contributed by atoms with Crippen molar-refractivity contribution in [3.8, 4) is 0 Å². The summed E-state index contributed by atoms with van der Waals surface area (Å²) in [6, 6.07) is 5.14. The van der Waals surface area contributed by atoms with Gasteiger partial charge < -0.3 is 20.1 Å². The van der Waals surface area contributed by atoms with Gasteiger partial charge in [0, 0.05) is 18.8 Å². The summed E-state index contributed by atoms with van der Waals surface area (Å²) >= 11 is 0. The molecule has 2 N–H and O–H groups in total. The number of aryl methyl sites for hydroxylation is 1. The number of hydrogen-bond donors (Lipinski definition) is 2. The summed E-state index contributed by atoms with van der Waals surface area (Å²) in [6.07, 6.45) is 2.54. The third-order valence-electron chi connectivity index (χ3n) is 5.54. The SMILES string of the molecule is Cc1cc(C2=C(/C=C/[C@@H](O)C[C@@H](O)CC(=O)[O-])C(C)(C)CC(C)(C)C2)ccc1F.[Na+]. The van der Waals surface area contributed by atoms with Crippen molar-refractivity contribution in [3.05, 3.63) is 52.9 Å². The van der Waals surface area contributed by atoms with E-state index < -0.39 is 24.6 Å². The van der Waals surface area contributed by atoms with Crippen LogP contribution in [0.15, 0.2) is 35.9 Å². The molecule has 0 saturated heterocycles. The number of aliphatic carboxylic acids is 1. The first-order chi connectivity index (χ1) is 13.3. The molecular weight excluding hydrogens is 394 g/mol. The maximum absolute atomic E-state index is 13.8. The largest absolute Gasteiger partial charge is 1.00 e. The quantitative estimate of drug-likeness (QED) is 0.624. The molecule has 2 rings (SSSR count). The molecule has 0 heterocycles. The molecule has 0 aromatic heterocycles. The predicted molar refractivity (Wildman–Crippen MR) is 110 cm³/mol. The Balaban J connectivity index is 0.00000450. The molecule has 1 aliphatic rings. The van der Waals surface area contributed by atoms with Gasteiger partial charge in [0.25, 0.3) is 0 Å². The number of halogens is 1. The van der Waals surface area contributed by atoms with E-state index in [1.54, 1.807) is 19.1 Å². The fraction of sp³-hybridized carbons (Fsp3) is 0.542. The number of carboxylic acid groups (broad SMARTS) is 1. The van der Waals surface area contributed by atoms with Crippen LogP contribution in [0.2, 0.25) is 0 Å². The molecule has 0 radical (unpaired) electrons. The van der Waals surface area contributed by atoms with E-state index in [9.17, 15) is 24.5 Å². The van der Waals surface area contributed by atoms with E-state index in [1.807, 2.05) is 12.1 Å². The smallest absolute Gasteiger partial charge is 0.550 e. The van der Waals surface area contributed by atoms with Crippen LogP contribution in [0, 0.1) is 23.6 Å². The zero-order valence-electron chi connectivity index (χ0n) is 19.0. The molecule has 0 saturated carbocycles. The standard InChI is InChI=1S/C24H33FO4.Na/c1-15-10-16(6-9-21(15)25)19-13-23(2,3)14-24(4,5)20(19)8-7-17(26)11-18(27)12-22(28)29;/h6-10,17-18,26-27H,11-14H2,1-5H3,(H,28,29);/q;+1/p-1/b8-7+;/t17-,18-;/m1./s1. The number of hydrogen-bond acceptors (Lipinski definition) is 4. The molecule has 160 valence electrons. The van der Waals surface area contributed by atoms with Crippen molar-refractivity contribution < 1.29 is 54.1 Å². The van der Waals surface area contributed by atoms with Crippen molar-refractivity contribution in [2.45, 2.75) is 72.5 Å². The van der Waals surface area contributed by atoms with Crippen LogP contribution in [0.4, 0.5) is 4.39 Å².